The molecular formula is C10H7BrN2. The number of hydrogen-bond donors (Lipinski definition) is 1. The minimum absolute atomic E-state index is 0.537. The highest BCUT2D eigenvalue weighted by Gasteiger charge is 2.03. The first kappa shape index (κ1) is 9.64. The summed E-state index contributed by atoms with van der Waals surface area (Å²) in [5.74, 6) is 5.56. The van der Waals surface area contributed by atoms with E-state index in [2.05, 4.69) is 33.8 Å². The molecule has 0 heterocycles. The van der Waals surface area contributed by atoms with Crippen LogP contribution in [-0.4, -0.2) is 0 Å². The normalized spacial score (nSPS) is 8.38. The van der Waals surface area contributed by atoms with Gasteiger partial charge in [0.2, 0.25) is 0 Å². The van der Waals surface area contributed by atoms with Gasteiger partial charge in [-0.25, -0.2) is 0 Å². The fourth-order valence-electron chi connectivity index (χ4n) is 0.921. The largest absolute Gasteiger partial charge is 0.398 e. The first-order chi connectivity index (χ1) is 6.19. The quantitative estimate of drug-likeness (QED) is 0.553. The number of nitriles is 1. The Hall–Kier alpha value is -1.45. The lowest BCUT2D eigenvalue weighted by Gasteiger charge is -2.00. The van der Waals surface area contributed by atoms with Crippen LogP contribution in [0.5, 0.6) is 0 Å². The van der Waals surface area contributed by atoms with E-state index in [4.69, 9.17) is 11.0 Å². The fraction of sp³-hybridized carbons (Fsp3) is 0.100. The van der Waals surface area contributed by atoms with Gasteiger partial charge in [-0.15, -0.1) is 5.92 Å². The number of nitrogen functional groups attached to an aromatic ring is 1. The summed E-state index contributed by atoms with van der Waals surface area (Å²) in [5.41, 5.74) is 7.45. The highest BCUT2D eigenvalue weighted by Crippen LogP contribution is 2.23. The van der Waals surface area contributed by atoms with Crippen molar-refractivity contribution >= 4 is 21.6 Å². The summed E-state index contributed by atoms with van der Waals surface area (Å²) >= 11 is 3.25. The molecule has 0 atom stereocenters. The maximum atomic E-state index is 8.78. The van der Waals surface area contributed by atoms with Crippen LogP contribution in [0.1, 0.15) is 18.1 Å². The summed E-state index contributed by atoms with van der Waals surface area (Å²) in [7, 11) is 0. The van der Waals surface area contributed by atoms with Crippen molar-refractivity contribution in [3.63, 3.8) is 0 Å². The number of nitrogens with two attached hydrogens (primary N) is 1. The number of hydrogen-bond acceptors (Lipinski definition) is 2. The number of rotatable bonds is 0. The minimum Gasteiger partial charge on any atom is -0.398 e. The Morgan fingerprint density at radius 1 is 1.38 bits per heavy atom. The second-order valence-electron chi connectivity index (χ2n) is 2.41. The van der Waals surface area contributed by atoms with Gasteiger partial charge in [-0.3, -0.25) is 0 Å². The molecule has 0 saturated carbocycles. The van der Waals surface area contributed by atoms with Crippen molar-refractivity contribution < 1.29 is 0 Å². The summed E-state index contributed by atoms with van der Waals surface area (Å²) in [6.45, 7) is 1.72. The lowest BCUT2D eigenvalue weighted by atomic mass is 10.1. The van der Waals surface area contributed by atoms with Crippen molar-refractivity contribution in [2.75, 3.05) is 5.73 Å². The monoisotopic (exact) mass is 234 g/mol. The van der Waals surface area contributed by atoms with Gasteiger partial charge in [-0.2, -0.15) is 5.26 Å². The van der Waals surface area contributed by atoms with Gasteiger partial charge in [0, 0.05) is 15.7 Å². The average Bonchev–Trinajstić information content (AvgIpc) is 2.11. The predicted molar refractivity (Wildman–Crippen MR) is 55.8 cm³/mol. The van der Waals surface area contributed by atoms with Crippen LogP contribution >= 0.6 is 15.9 Å². The lowest BCUT2D eigenvalue weighted by Crippen LogP contribution is -1.91. The van der Waals surface area contributed by atoms with Crippen molar-refractivity contribution in [1.29, 1.82) is 5.26 Å². The molecule has 2 nitrogen and oxygen atoms in total. The molecule has 0 aromatic heterocycles. The molecule has 0 spiro atoms. The third-order valence-corrected chi connectivity index (χ3v) is 2.20. The zero-order valence-corrected chi connectivity index (χ0v) is 8.64. The summed E-state index contributed by atoms with van der Waals surface area (Å²) < 4.78 is 0.728. The molecular weight excluding hydrogens is 228 g/mol. The van der Waals surface area contributed by atoms with Crippen molar-refractivity contribution in [3.8, 4) is 17.9 Å². The Morgan fingerprint density at radius 2 is 2.08 bits per heavy atom. The van der Waals surface area contributed by atoms with E-state index in [-0.39, 0.29) is 0 Å². The molecule has 0 saturated heterocycles. The van der Waals surface area contributed by atoms with Gasteiger partial charge in [0.05, 0.1) is 5.56 Å². The standard InChI is InChI=1S/C10H7BrN2/c1-2-3-7-5-10(13)9(11)4-8(7)6-12/h4-5H,13H2,1H3. The molecule has 0 bridgehead atoms. The number of halogens is 1. The maximum absolute atomic E-state index is 8.78. The Kier molecular flexibility index (Phi) is 2.95. The smallest absolute Gasteiger partial charge is 0.100 e. The van der Waals surface area contributed by atoms with E-state index >= 15 is 0 Å². The van der Waals surface area contributed by atoms with E-state index in [1.54, 1.807) is 19.1 Å². The Balaban J connectivity index is 3.41. The molecule has 0 radical (unpaired) electrons. The van der Waals surface area contributed by atoms with E-state index in [1.165, 1.54) is 0 Å². The topological polar surface area (TPSA) is 49.8 Å². The van der Waals surface area contributed by atoms with Crippen molar-refractivity contribution in [1.82, 2.24) is 0 Å². The summed E-state index contributed by atoms with van der Waals surface area (Å²) in [6.07, 6.45) is 0. The summed E-state index contributed by atoms with van der Waals surface area (Å²) in [5, 5.41) is 8.78. The lowest BCUT2D eigenvalue weighted by molar-refractivity contribution is 1.46. The van der Waals surface area contributed by atoms with Gasteiger partial charge in [-0.05, 0) is 35.0 Å². The SMILES string of the molecule is CC#Cc1cc(N)c(Br)cc1C#N. The molecule has 0 unspecified atom stereocenters. The van der Waals surface area contributed by atoms with Gasteiger partial charge >= 0.3 is 0 Å². The fourth-order valence-corrected chi connectivity index (χ4v) is 1.26. The van der Waals surface area contributed by atoms with Crippen molar-refractivity contribution in [3.05, 3.63) is 27.7 Å². The third-order valence-electron chi connectivity index (χ3n) is 1.52. The van der Waals surface area contributed by atoms with Crippen molar-refractivity contribution in [2.24, 2.45) is 0 Å². The molecule has 0 aliphatic heterocycles. The molecule has 0 fully saturated rings. The zero-order valence-electron chi connectivity index (χ0n) is 7.06. The van der Waals surface area contributed by atoms with E-state index in [0.29, 0.717) is 16.8 Å². The summed E-state index contributed by atoms with van der Waals surface area (Å²) in [6, 6.07) is 5.43. The molecule has 0 aliphatic carbocycles. The van der Waals surface area contributed by atoms with Crippen LogP contribution in [-0.2, 0) is 0 Å². The van der Waals surface area contributed by atoms with Gasteiger partial charge in [0.25, 0.3) is 0 Å². The Morgan fingerprint density at radius 3 is 2.62 bits per heavy atom. The van der Waals surface area contributed by atoms with E-state index in [1.807, 2.05) is 0 Å². The van der Waals surface area contributed by atoms with Crippen LogP contribution in [0, 0.1) is 23.2 Å². The number of nitrogens with zero attached hydrogens (tertiary/aromatic N) is 1. The van der Waals surface area contributed by atoms with E-state index in [9.17, 15) is 0 Å². The minimum atomic E-state index is 0.537. The molecule has 64 valence electrons. The number of benzene rings is 1. The zero-order chi connectivity index (χ0) is 9.84. The highest BCUT2D eigenvalue weighted by molar-refractivity contribution is 9.10. The van der Waals surface area contributed by atoms with Crippen LogP contribution in [0.15, 0.2) is 16.6 Å². The molecule has 2 N–H and O–H groups in total. The van der Waals surface area contributed by atoms with Crippen LogP contribution < -0.4 is 5.73 Å². The van der Waals surface area contributed by atoms with E-state index < -0.39 is 0 Å². The van der Waals surface area contributed by atoms with Gasteiger partial charge in [0.15, 0.2) is 0 Å². The first-order valence-electron chi connectivity index (χ1n) is 3.61. The first-order valence-corrected chi connectivity index (χ1v) is 4.40. The molecule has 1 aromatic carbocycles. The van der Waals surface area contributed by atoms with Crippen LogP contribution in [0.2, 0.25) is 0 Å². The second kappa shape index (κ2) is 3.98. The second-order valence-corrected chi connectivity index (χ2v) is 3.26. The Labute approximate surface area is 85.5 Å². The summed E-state index contributed by atoms with van der Waals surface area (Å²) in [4.78, 5) is 0. The predicted octanol–water partition coefficient (Wildman–Crippen LogP) is 2.27. The molecule has 3 heteroatoms. The number of anilines is 1. The average molecular weight is 235 g/mol. The van der Waals surface area contributed by atoms with Crippen LogP contribution in [0.4, 0.5) is 5.69 Å². The van der Waals surface area contributed by atoms with E-state index in [0.717, 1.165) is 4.47 Å². The third kappa shape index (κ3) is 2.02. The molecule has 0 aliphatic rings. The van der Waals surface area contributed by atoms with Gasteiger partial charge in [0.1, 0.15) is 6.07 Å². The van der Waals surface area contributed by atoms with Crippen LogP contribution in [0.3, 0.4) is 0 Å². The van der Waals surface area contributed by atoms with Crippen molar-refractivity contribution in [2.45, 2.75) is 6.92 Å². The van der Waals surface area contributed by atoms with Gasteiger partial charge in [-0.1, -0.05) is 5.92 Å². The van der Waals surface area contributed by atoms with Gasteiger partial charge < -0.3 is 5.73 Å². The van der Waals surface area contributed by atoms with Crippen LogP contribution in [0.25, 0.3) is 0 Å². The Bertz CT molecular complexity index is 433. The molecule has 1 aromatic rings. The highest BCUT2D eigenvalue weighted by atomic mass is 79.9. The molecule has 13 heavy (non-hydrogen) atoms. The molecule has 0 amide bonds. The maximum Gasteiger partial charge on any atom is 0.100 e. The molecule has 1 rings (SSSR count).